The highest BCUT2D eigenvalue weighted by Gasteiger charge is 2.18. The summed E-state index contributed by atoms with van der Waals surface area (Å²) in [5, 5.41) is 0. The molecule has 2 aliphatic heterocycles. The van der Waals surface area contributed by atoms with Crippen molar-refractivity contribution >= 4 is 5.91 Å². The minimum absolute atomic E-state index is 0.128. The van der Waals surface area contributed by atoms with E-state index < -0.39 is 0 Å². The van der Waals surface area contributed by atoms with Gasteiger partial charge in [0.15, 0.2) is 11.5 Å². The first kappa shape index (κ1) is 15.8. The summed E-state index contributed by atoms with van der Waals surface area (Å²) in [6.45, 7) is 2.44. The molecule has 2 aromatic carbocycles. The third-order valence-corrected chi connectivity index (χ3v) is 4.59. The Labute approximate surface area is 147 Å². The minimum Gasteiger partial charge on any atom is -0.489 e. The van der Waals surface area contributed by atoms with Gasteiger partial charge in [-0.05, 0) is 49.1 Å². The molecule has 1 fully saturated rings. The number of carbonyl (C=O) groups excluding carboxylic acids is 1. The molecule has 0 atom stereocenters. The number of hydrogen-bond acceptors (Lipinski definition) is 4. The van der Waals surface area contributed by atoms with Crippen molar-refractivity contribution in [2.75, 3.05) is 19.9 Å². The number of piperidine rings is 1. The Morgan fingerprint density at radius 2 is 1.72 bits per heavy atom. The summed E-state index contributed by atoms with van der Waals surface area (Å²) >= 11 is 0. The molecule has 5 nitrogen and oxygen atoms in total. The highest BCUT2D eigenvalue weighted by molar-refractivity contribution is 5.94. The molecule has 0 aromatic heterocycles. The lowest BCUT2D eigenvalue weighted by Crippen LogP contribution is -2.35. The lowest BCUT2D eigenvalue weighted by molar-refractivity contribution is 0.0724. The zero-order valence-corrected chi connectivity index (χ0v) is 14.1. The number of fused-ring (bicyclic) bond motifs is 1. The number of ether oxygens (including phenoxy) is 3. The number of likely N-dealkylation sites (tertiary alicyclic amines) is 1. The van der Waals surface area contributed by atoms with Crippen LogP contribution in [0.25, 0.3) is 0 Å². The first-order chi connectivity index (χ1) is 12.3. The smallest absolute Gasteiger partial charge is 0.253 e. The highest BCUT2D eigenvalue weighted by atomic mass is 16.7. The first-order valence-electron chi connectivity index (χ1n) is 8.70. The van der Waals surface area contributed by atoms with Crippen molar-refractivity contribution in [3.8, 4) is 17.2 Å². The maximum Gasteiger partial charge on any atom is 0.253 e. The monoisotopic (exact) mass is 339 g/mol. The highest BCUT2D eigenvalue weighted by Crippen LogP contribution is 2.35. The number of rotatable bonds is 4. The van der Waals surface area contributed by atoms with Gasteiger partial charge in [0.2, 0.25) is 6.79 Å². The van der Waals surface area contributed by atoms with E-state index in [-0.39, 0.29) is 12.7 Å². The average Bonchev–Trinajstić information content (AvgIpc) is 3.15. The first-order valence-corrected chi connectivity index (χ1v) is 8.70. The van der Waals surface area contributed by atoms with Crippen molar-refractivity contribution in [1.29, 1.82) is 0 Å². The van der Waals surface area contributed by atoms with Crippen molar-refractivity contribution in [3.63, 3.8) is 0 Å². The molecule has 2 heterocycles. The van der Waals surface area contributed by atoms with Gasteiger partial charge >= 0.3 is 0 Å². The van der Waals surface area contributed by atoms with E-state index in [1.54, 1.807) is 0 Å². The standard InChI is InChI=1S/C20H21NO4/c22-20(21-10-2-1-3-11-21)16-6-4-15(5-7-16)13-23-17-8-9-18-19(12-17)25-14-24-18/h4-9,12H,1-3,10-11,13-14H2. The topological polar surface area (TPSA) is 48.0 Å². The number of carbonyl (C=O) groups is 1. The predicted molar refractivity (Wildman–Crippen MR) is 93.1 cm³/mol. The fourth-order valence-corrected chi connectivity index (χ4v) is 3.16. The van der Waals surface area contributed by atoms with Gasteiger partial charge in [-0.2, -0.15) is 0 Å². The van der Waals surface area contributed by atoms with Crippen molar-refractivity contribution in [3.05, 3.63) is 53.6 Å². The lowest BCUT2D eigenvalue weighted by Gasteiger charge is -2.26. The molecule has 130 valence electrons. The molecule has 0 N–H and O–H groups in total. The molecular formula is C20H21NO4. The quantitative estimate of drug-likeness (QED) is 0.854. The second-order valence-electron chi connectivity index (χ2n) is 6.35. The Hall–Kier alpha value is -2.69. The number of nitrogens with zero attached hydrogens (tertiary/aromatic N) is 1. The summed E-state index contributed by atoms with van der Waals surface area (Å²) < 4.78 is 16.4. The average molecular weight is 339 g/mol. The molecule has 0 aliphatic carbocycles. The Kier molecular flexibility index (Phi) is 4.46. The van der Waals surface area contributed by atoms with Crippen LogP contribution in [0.3, 0.4) is 0 Å². The molecule has 2 aliphatic rings. The number of hydrogen-bond donors (Lipinski definition) is 0. The van der Waals surface area contributed by atoms with Gasteiger partial charge in [-0.25, -0.2) is 0 Å². The number of benzene rings is 2. The van der Waals surface area contributed by atoms with Crippen molar-refractivity contribution in [2.45, 2.75) is 25.9 Å². The summed E-state index contributed by atoms with van der Waals surface area (Å²) in [6.07, 6.45) is 3.43. The molecule has 2 aromatic rings. The fourth-order valence-electron chi connectivity index (χ4n) is 3.16. The Bertz CT molecular complexity index is 751. The van der Waals surface area contributed by atoms with E-state index in [2.05, 4.69) is 0 Å². The largest absolute Gasteiger partial charge is 0.489 e. The van der Waals surface area contributed by atoms with Crippen LogP contribution in [0.4, 0.5) is 0 Å². The molecule has 0 unspecified atom stereocenters. The SMILES string of the molecule is O=C(c1ccc(COc2ccc3c(c2)OCO3)cc1)N1CCCCC1. The van der Waals surface area contributed by atoms with Crippen LogP contribution >= 0.6 is 0 Å². The maximum absolute atomic E-state index is 12.5. The molecule has 5 heteroatoms. The van der Waals surface area contributed by atoms with Crippen LogP contribution in [0.1, 0.15) is 35.2 Å². The van der Waals surface area contributed by atoms with Gasteiger partial charge in [0, 0.05) is 24.7 Å². The molecule has 1 amide bonds. The van der Waals surface area contributed by atoms with E-state index in [9.17, 15) is 4.79 Å². The van der Waals surface area contributed by atoms with E-state index in [1.807, 2.05) is 47.4 Å². The second-order valence-corrected chi connectivity index (χ2v) is 6.35. The van der Waals surface area contributed by atoms with E-state index in [0.717, 1.165) is 48.6 Å². The van der Waals surface area contributed by atoms with Crippen LogP contribution in [-0.4, -0.2) is 30.7 Å². The lowest BCUT2D eigenvalue weighted by atomic mass is 10.1. The van der Waals surface area contributed by atoms with Gasteiger partial charge in [0.05, 0.1) is 0 Å². The van der Waals surface area contributed by atoms with E-state index >= 15 is 0 Å². The minimum atomic E-state index is 0.128. The zero-order valence-electron chi connectivity index (χ0n) is 14.1. The van der Waals surface area contributed by atoms with Gasteiger partial charge in [-0.1, -0.05) is 12.1 Å². The van der Waals surface area contributed by atoms with Crippen molar-refractivity contribution in [1.82, 2.24) is 4.90 Å². The zero-order chi connectivity index (χ0) is 17.1. The van der Waals surface area contributed by atoms with Crippen LogP contribution in [0.15, 0.2) is 42.5 Å². The molecule has 1 saturated heterocycles. The molecule has 0 saturated carbocycles. The van der Waals surface area contributed by atoms with Gasteiger partial charge < -0.3 is 19.1 Å². The van der Waals surface area contributed by atoms with Crippen LogP contribution in [0, 0.1) is 0 Å². The second kappa shape index (κ2) is 7.05. The fraction of sp³-hybridized carbons (Fsp3) is 0.350. The summed E-state index contributed by atoms with van der Waals surface area (Å²) in [6, 6.07) is 13.2. The summed E-state index contributed by atoms with van der Waals surface area (Å²) in [5.74, 6) is 2.31. The van der Waals surface area contributed by atoms with E-state index in [1.165, 1.54) is 6.42 Å². The van der Waals surface area contributed by atoms with Crippen LogP contribution in [0.5, 0.6) is 17.2 Å². The molecule has 0 radical (unpaired) electrons. The third-order valence-electron chi connectivity index (χ3n) is 4.59. The Morgan fingerprint density at radius 3 is 2.52 bits per heavy atom. The van der Waals surface area contributed by atoms with E-state index in [4.69, 9.17) is 14.2 Å². The summed E-state index contributed by atoms with van der Waals surface area (Å²) in [4.78, 5) is 14.4. The molecule has 25 heavy (non-hydrogen) atoms. The summed E-state index contributed by atoms with van der Waals surface area (Å²) in [5.41, 5.74) is 1.77. The number of amides is 1. The van der Waals surface area contributed by atoms with Crippen LogP contribution in [-0.2, 0) is 6.61 Å². The Morgan fingerprint density at radius 1 is 0.960 bits per heavy atom. The van der Waals surface area contributed by atoms with E-state index in [0.29, 0.717) is 12.4 Å². The maximum atomic E-state index is 12.5. The molecular weight excluding hydrogens is 318 g/mol. The normalized spacial score (nSPS) is 15.9. The summed E-state index contributed by atoms with van der Waals surface area (Å²) in [7, 11) is 0. The van der Waals surface area contributed by atoms with Gasteiger partial charge in [-0.15, -0.1) is 0 Å². The van der Waals surface area contributed by atoms with Crippen molar-refractivity contribution < 1.29 is 19.0 Å². The predicted octanol–water partition coefficient (Wildman–Crippen LogP) is 3.62. The van der Waals surface area contributed by atoms with Gasteiger partial charge in [0.25, 0.3) is 5.91 Å². The molecule has 0 bridgehead atoms. The molecule has 4 rings (SSSR count). The van der Waals surface area contributed by atoms with Crippen LogP contribution in [0.2, 0.25) is 0 Å². The van der Waals surface area contributed by atoms with Crippen LogP contribution < -0.4 is 14.2 Å². The van der Waals surface area contributed by atoms with Crippen molar-refractivity contribution in [2.24, 2.45) is 0 Å². The Balaban J connectivity index is 1.36. The van der Waals surface area contributed by atoms with Gasteiger partial charge in [0.1, 0.15) is 12.4 Å². The molecule has 0 spiro atoms. The van der Waals surface area contributed by atoms with Gasteiger partial charge in [-0.3, -0.25) is 4.79 Å². The third kappa shape index (κ3) is 3.55.